The van der Waals surface area contributed by atoms with Gasteiger partial charge in [0.2, 0.25) is 0 Å². The molecule has 3 nitrogen and oxygen atoms in total. The number of aromatic nitrogens is 1. The van der Waals surface area contributed by atoms with E-state index in [2.05, 4.69) is 10.3 Å². The summed E-state index contributed by atoms with van der Waals surface area (Å²) in [5, 5.41) is 6.42. The fourth-order valence-corrected chi connectivity index (χ4v) is 1.67. The number of nitrogens with zero attached hydrogens (tertiary/aromatic N) is 1. The molecule has 0 saturated carbocycles. The van der Waals surface area contributed by atoms with Crippen LogP contribution in [0.5, 0.6) is 0 Å². The van der Waals surface area contributed by atoms with Gasteiger partial charge in [0.1, 0.15) is 5.15 Å². The molecule has 0 radical (unpaired) electrons. The van der Waals surface area contributed by atoms with Crippen molar-refractivity contribution in [2.24, 2.45) is 5.73 Å². The van der Waals surface area contributed by atoms with Crippen LogP contribution in [0, 0.1) is 0 Å². The van der Waals surface area contributed by atoms with Crippen molar-refractivity contribution >= 4 is 28.1 Å². The molecule has 0 spiro atoms. The van der Waals surface area contributed by atoms with Gasteiger partial charge in [-0.2, -0.15) is 0 Å². The fourth-order valence-electron chi connectivity index (χ4n) is 0.800. The second-order valence-electron chi connectivity index (χ2n) is 2.40. The molecule has 0 aliphatic heterocycles. The van der Waals surface area contributed by atoms with Crippen LogP contribution in [0.2, 0.25) is 5.15 Å². The van der Waals surface area contributed by atoms with E-state index in [1.807, 2.05) is 5.38 Å². The van der Waals surface area contributed by atoms with Gasteiger partial charge in [-0.05, 0) is 19.4 Å². The predicted molar refractivity (Wildman–Crippen MR) is 53.9 cm³/mol. The number of hydrogen-bond donors (Lipinski definition) is 2. The lowest BCUT2D eigenvalue weighted by molar-refractivity contribution is 0.774. The van der Waals surface area contributed by atoms with Crippen molar-refractivity contribution in [3.05, 3.63) is 10.5 Å². The molecule has 0 aromatic carbocycles. The molecule has 5 heteroatoms. The first-order valence-electron chi connectivity index (χ1n) is 3.88. The van der Waals surface area contributed by atoms with Gasteiger partial charge in [0.15, 0.2) is 5.13 Å². The third-order valence-corrected chi connectivity index (χ3v) is 2.51. The molecule has 1 aromatic heterocycles. The normalized spacial score (nSPS) is 10.2. The Morgan fingerprint density at radius 2 is 2.42 bits per heavy atom. The summed E-state index contributed by atoms with van der Waals surface area (Å²) >= 11 is 7.16. The van der Waals surface area contributed by atoms with Crippen LogP contribution in [0.25, 0.3) is 0 Å². The van der Waals surface area contributed by atoms with Gasteiger partial charge >= 0.3 is 0 Å². The molecule has 0 aliphatic carbocycles. The standard InChI is InChI=1S/C7H12ClN3S/c8-6-5-12-7(11-6)10-4-2-1-3-9/h5H,1-4,9H2,(H,10,11). The lowest BCUT2D eigenvalue weighted by Gasteiger charge is -1.99. The average Bonchev–Trinajstić information content (AvgIpc) is 2.45. The van der Waals surface area contributed by atoms with E-state index in [0.717, 1.165) is 31.1 Å². The molecule has 0 unspecified atom stereocenters. The highest BCUT2D eigenvalue weighted by molar-refractivity contribution is 7.14. The number of thiazole rings is 1. The largest absolute Gasteiger partial charge is 0.361 e. The number of hydrogen-bond acceptors (Lipinski definition) is 4. The van der Waals surface area contributed by atoms with Crippen LogP contribution in [0.3, 0.4) is 0 Å². The number of nitrogens with one attached hydrogen (secondary N) is 1. The second kappa shape index (κ2) is 5.35. The van der Waals surface area contributed by atoms with Crippen molar-refractivity contribution in [3.8, 4) is 0 Å². The van der Waals surface area contributed by atoms with E-state index in [-0.39, 0.29) is 0 Å². The highest BCUT2D eigenvalue weighted by Gasteiger charge is 1.96. The lowest BCUT2D eigenvalue weighted by Crippen LogP contribution is -2.05. The minimum absolute atomic E-state index is 0.557. The molecule has 1 aromatic rings. The Balaban J connectivity index is 2.15. The van der Waals surface area contributed by atoms with Crippen molar-refractivity contribution in [2.45, 2.75) is 12.8 Å². The van der Waals surface area contributed by atoms with Gasteiger partial charge in [-0.1, -0.05) is 11.6 Å². The Morgan fingerprint density at radius 3 is 3.00 bits per heavy atom. The average molecular weight is 206 g/mol. The second-order valence-corrected chi connectivity index (χ2v) is 3.64. The van der Waals surface area contributed by atoms with Gasteiger partial charge in [-0.3, -0.25) is 0 Å². The Labute approximate surface area is 80.9 Å². The molecule has 1 heterocycles. The van der Waals surface area contributed by atoms with Crippen molar-refractivity contribution < 1.29 is 0 Å². The monoisotopic (exact) mass is 205 g/mol. The zero-order valence-corrected chi connectivity index (χ0v) is 8.29. The summed E-state index contributed by atoms with van der Waals surface area (Å²) in [7, 11) is 0. The summed E-state index contributed by atoms with van der Waals surface area (Å²) in [6.45, 7) is 1.67. The molecule has 68 valence electrons. The number of rotatable bonds is 5. The summed E-state index contributed by atoms with van der Waals surface area (Å²) in [6.07, 6.45) is 2.12. The smallest absolute Gasteiger partial charge is 0.184 e. The van der Waals surface area contributed by atoms with Crippen molar-refractivity contribution in [1.29, 1.82) is 0 Å². The first-order chi connectivity index (χ1) is 5.83. The minimum Gasteiger partial charge on any atom is -0.361 e. The van der Waals surface area contributed by atoms with E-state index in [1.54, 1.807) is 0 Å². The van der Waals surface area contributed by atoms with E-state index >= 15 is 0 Å². The topological polar surface area (TPSA) is 50.9 Å². The van der Waals surface area contributed by atoms with E-state index in [0.29, 0.717) is 5.15 Å². The summed E-state index contributed by atoms with van der Waals surface area (Å²) < 4.78 is 0. The summed E-state index contributed by atoms with van der Waals surface area (Å²) in [5.74, 6) is 0. The quantitative estimate of drug-likeness (QED) is 0.723. The molecule has 0 aliphatic rings. The van der Waals surface area contributed by atoms with Crippen LogP contribution in [0.4, 0.5) is 5.13 Å². The zero-order chi connectivity index (χ0) is 8.81. The van der Waals surface area contributed by atoms with Crippen LogP contribution in [0.1, 0.15) is 12.8 Å². The predicted octanol–water partition coefficient (Wildman–Crippen LogP) is 1.95. The lowest BCUT2D eigenvalue weighted by atomic mass is 10.3. The van der Waals surface area contributed by atoms with Gasteiger partial charge in [-0.15, -0.1) is 11.3 Å². The van der Waals surface area contributed by atoms with E-state index in [1.165, 1.54) is 11.3 Å². The molecule has 0 fully saturated rings. The zero-order valence-electron chi connectivity index (χ0n) is 6.72. The summed E-state index contributed by atoms with van der Waals surface area (Å²) in [6, 6.07) is 0. The molecule has 12 heavy (non-hydrogen) atoms. The number of unbranched alkanes of at least 4 members (excludes halogenated alkanes) is 1. The molecule has 0 atom stereocenters. The SMILES string of the molecule is NCCCCNc1nc(Cl)cs1. The van der Waals surface area contributed by atoms with Crippen molar-refractivity contribution in [1.82, 2.24) is 4.98 Å². The molecular formula is C7H12ClN3S. The third kappa shape index (κ3) is 3.38. The maximum Gasteiger partial charge on any atom is 0.184 e. The molecule has 1 rings (SSSR count). The number of anilines is 1. The summed E-state index contributed by atoms with van der Waals surface area (Å²) in [5.41, 5.74) is 5.35. The maximum atomic E-state index is 5.64. The van der Waals surface area contributed by atoms with Crippen LogP contribution >= 0.6 is 22.9 Å². The number of nitrogens with two attached hydrogens (primary N) is 1. The molecule has 0 saturated heterocycles. The highest BCUT2D eigenvalue weighted by Crippen LogP contribution is 2.18. The van der Waals surface area contributed by atoms with Crippen LogP contribution < -0.4 is 11.1 Å². The van der Waals surface area contributed by atoms with Gasteiger partial charge in [0.05, 0.1) is 0 Å². The van der Waals surface area contributed by atoms with E-state index in [4.69, 9.17) is 17.3 Å². The van der Waals surface area contributed by atoms with Crippen LogP contribution in [-0.4, -0.2) is 18.1 Å². The Hall–Kier alpha value is -0.320. The fraction of sp³-hybridized carbons (Fsp3) is 0.571. The Kier molecular flexibility index (Phi) is 4.35. The molecule has 0 amide bonds. The first kappa shape index (κ1) is 9.77. The first-order valence-corrected chi connectivity index (χ1v) is 5.13. The highest BCUT2D eigenvalue weighted by atomic mass is 35.5. The Morgan fingerprint density at radius 1 is 1.58 bits per heavy atom. The molecular weight excluding hydrogens is 194 g/mol. The van der Waals surface area contributed by atoms with Crippen molar-refractivity contribution in [3.63, 3.8) is 0 Å². The van der Waals surface area contributed by atoms with E-state index in [9.17, 15) is 0 Å². The maximum absolute atomic E-state index is 5.64. The Bertz CT molecular complexity index is 226. The van der Waals surface area contributed by atoms with Crippen LogP contribution in [0.15, 0.2) is 5.38 Å². The van der Waals surface area contributed by atoms with E-state index < -0.39 is 0 Å². The van der Waals surface area contributed by atoms with Gasteiger partial charge < -0.3 is 11.1 Å². The molecule has 3 N–H and O–H groups in total. The minimum atomic E-state index is 0.557. The van der Waals surface area contributed by atoms with Crippen molar-refractivity contribution in [2.75, 3.05) is 18.4 Å². The van der Waals surface area contributed by atoms with Crippen LogP contribution in [-0.2, 0) is 0 Å². The van der Waals surface area contributed by atoms with Gasteiger partial charge in [0.25, 0.3) is 0 Å². The third-order valence-electron chi connectivity index (χ3n) is 1.38. The van der Waals surface area contributed by atoms with Gasteiger partial charge in [0, 0.05) is 11.9 Å². The summed E-state index contributed by atoms with van der Waals surface area (Å²) in [4.78, 5) is 4.05. The van der Waals surface area contributed by atoms with Gasteiger partial charge in [-0.25, -0.2) is 4.98 Å². The number of halogens is 1. The molecule has 0 bridgehead atoms.